The van der Waals surface area contributed by atoms with Gasteiger partial charge in [0.15, 0.2) is 0 Å². The lowest BCUT2D eigenvalue weighted by Gasteiger charge is -2.34. The molecule has 168 valence electrons. The van der Waals surface area contributed by atoms with Crippen molar-refractivity contribution in [2.75, 3.05) is 31.9 Å². The van der Waals surface area contributed by atoms with Gasteiger partial charge in [-0.05, 0) is 60.4 Å². The number of amides is 1. The maximum Gasteiger partial charge on any atom is 0.243 e. The Bertz CT molecular complexity index is 1250. The van der Waals surface area contributed by atoms with E-state index in [0.717, 1.165) is 40.1 Å². The van der Waals surface area contributed by atoms with E-state index in [1.54, 1.807) is 22.3 Å². The van der Waals surface area contributed by atoms with Gasteiger partial charge in [0.05, 0.1) is 10.6 Å². The summed E-state index contributed by atoms with van der Waals surface area (Å²) in [7, 11) is -3.54. The molecule has 10 heteroatoms. The normalized spacial score (nSPS) is 17.4. The molecule has 0 unspecified atom stereocenters. The minimum Gasteiger partial charge on any atom is -0.339 e. The van der Waals surface area contributed by atoms with Crippen molar-refractivity contribution >= 4 is 49.2 Å². The predicted molar refractivity (Wildman–Crippen MR) is 127 cm³/mol. The lowest BCUT2D eigenvalue weighted by atomic mass is 9.92. The number of hydrogen-bond acceptors (Lipinski definition) is 7. The Kier molecular flexibility index (Phi) is 6.20. The van der Waals surface area contributed by atoms with E-state index < -0.39 is 10.0 Å². The van der Waals surface area contributed by atoms with Crippen molar-refractivity contribution in [2.24, 2.45) is 0 Å². The molecule has 5 rings (SSSR count). The fourth-order valence-electron chi connectivity index (χ4n) is 4.30. The van der Waals surface area contributed by atoms with E-state index in [4.69, 9.17) is 0 Å². The molecule has 32 heavy (non-hydrogen) atoms. The first-order chi connectivity index (χ1) is 15.5. The summed E-state index contributed by atoms with van der Waals surface area (Å²) in [5, 5.41) is 3.74. The second-order valence-corrected chi connectivity index (χ2v) is 11.8. The maximum absolute atomic E-state index is 13.2. The monoisotopic (exact) mass is 488 g/mol. The Balaban J connectivity index is 1.20. The topological polar surface area (TPSA) is 83.5 Å². The third-order valence-electron chi connectivity index (χ3n) is 6.11. The summed E-state index contributed by atoms with van der Waals surface area (Å²) in [6.45, 7) is 1.44. The molecule has 0 atom stereocenters. The van der Waals surface area contributed by atoms with Crippen molar-refractivity contribution in [1.82, 2.24) is 19.2 Å². The second kappa shape index (κ2) is 9.09. The van der Waals surface area contributed by atoms with E-state index in [0.29, 0.717) is 31.1 Å². The Morgan fingerprint density at radius 1 is 1.03 bits per heavy atom. The number of piperazine rings is 1. The number of rotatable bonds is 5. The van der Waals surface area contributed by atoms with Crippen LogP contribution in [0.2, 0.25) is 0 Å². The van der Waals surface area contributed by atoms with Gasteiger partial charge in [-0.15, -0.1) is 11.3 Å². The maximum atomic E-state index is 13.2. The van der Waals surface area contributed by atoms with Crippen LogP contribution in [-0.4, -0.2) is 65.4 Å². The number of aromatic nitrogens is 2. The molecule has 1 aromatic carbocycles. The number of sulfonamides is 1. The molecule has 1 aliphatic carbocycles. The number of nitrogens with zero attached hydrogens (tertiary/aromatic N) is 4. The zero-order valence-corrected chi connectivity index (χ0v) is 20.0. The van der Waals surface area contributed by atoms with Crippen molar-refractivity contribution in [3.63, 3.8) is 0 Å². The van der Waals surface area contributed by atoms with Crippen LogP contribution in [0.4, 0.5) is 0 Å². The first-order valence-electron chi connectivity index (χ1n) is 10.7. The van der Waals surface area contributed by atoms with Gasteiger partial charge in [0.2, 0.25) is 15.9 Å². The molecule has 0 saturated carbocycles. The SMILES string of the molecule is O=C(CSc1ncnc2sccc12)N1CCN(S(=O)(=O)c2ccc3c(c2)CCCC3)CC1. The number of hydrogen-bond donors (Lipinski definition) is 0. The second-order valence-electron chi connectivity index (χ2n) is 8.03. The fraction of sp³-hybridized carbons (Fsp3) is 0.409. The molecule has 0 radical (unpaired) electrons. The lowest BCUT2D eigenvalue weighted by Crippen LogP contribution is -2.51. The average Bonchev–Trinajstić information content (AvgIpc) is 3.32. The largest absolute Gasteiger partial charge is 0.339 e. The minimum absolute atomic E-state index is 0.00261. The number of thioether (sulfide) groups is 1. The van der Waals surface area contributed by atoms with Gasteiger partial charge in [-0.25, -0.2) is 18.4 Å². The minimum atomic E-state index is -3.54. The van der Waals surface area contributed by atoms with E-state index in [1.807, 2.05) is 23.6 Å². The van der Waals surface area contributed by atoms with Gasteiger partial charge in [-0.2, -0.15) is 4.31 Å². The van der Waals surface area contributed by atoms with Crippen molar-refractivity contribution in [3.05, 3.63) is 47.1 Å². The summed E-state index contributed by atoms with van der Waals surface area (Å²) in [4.78, 5) is 24.3. The van der Waals surface area contributed by atoms with E-state index in [-0.39, 0.29) is 11.7 Å². The van der Waals surface area contributed by atoms with Crippen LogP contribution in [0, 0.1) is 0 Å². The highest BCUT2D eigenvalue weighted by atomic mass is 32.2. The molecular formula is C22H24N4O3S3. The molecule has 0 bridgehead atoms. The van der Waals surface area contributed by atoms with E-state index in [2.05, 4.69) is 9.97 Å². The number of thiophene rings is 1. The lowest BCUT2D eigenvalue weighted by molar-refractivity contribution is -0.129. The summed E-state index contributed by atoms with van der Waals surface area (Å²) in [5.74, 6) is 0.280. The molecule has 3 heterocycles. The van der Waals surface area contributed by atoms with Crippen LogP contribution >= 0.6 is 23.1 Å². The summed E-state index contributed by atoms with van der Waals surface area (Å²) >= 11 is 2.95. The molecule has 0 N–H and O–H groups in total. The molecule has 7 nitrogen and oxygen atoms in total. The van der Waals surface area contributed by atoms with Gasteiger partial charge in [-0.3, -0.25) is 4.79 Å². The zero-order chi connectivity index (χ0) is 22.1. The summed E-state index contributed by atoms with van der Waals surface area (Å²) < 4.78 is 27.8. The number of fused-ring (bicyclic) bond motifs is 2. The Hall–Kier alpha value is -2.01. The summed E-state index contributed by atoms with van der Waals surface area (Å²) in [6, 6.07) is 7.53. The van der Waals surface area contributed by atoms with Gasteiger partial charge in [0.1, 0.15) is 16.2 Å². The number of aryl methyl sites for hydroxylation is 2. The molecule has 1 aliphatic heterocycles. The highest BCUT2D eigenvalue weighted by molar-refractivity contribution is 8.00. The first kappa shape index (κ1) is 21.8. The Morgan fingerprint density at radius 3 is 2.62 bits per heavy atom. The van der Waals surface area contributed by atoms with Crippen LogP contribution in [0.15, 0.2) is 45.9 Å². The quantitative estimate of drug-likeness (QED) is 0.405. The number of carbonyl (C=O) groups excluding carboxylic acids is 1. The molecule has 3 aromatic rings. The van der Waals surface area contributed by atoms with Crippen LogP contribution in [0.3, 0.4) is 0 Å². The fourth-order valence-corrected chi connectivity index (χ4v) is 7.46. The number of carbonyl (C=O) groups is 1. The predicted octanol–water partition coefficient (Wildman–Crippen LogP) is 3.20. The van der Waals surface area contributed by atoms with Crippen LogP contribution in [0.5, 0.6) is 0 Å². The van der Waals surface area contributed by atoms with Gasteiger partial charge in [-0.1, -0.05) is 17.8 Å². The molecule has 1 fully saturated rings. The molecule has 0 spiro atoms. The van der Waals surface area contributed by atoms with Crippen LogP contribution in [0.1, 0.15) is 24.0 Å². The smallest absolute Gasteiger partial charge is 0.243 e. The molecule has 1 saturated heterocycles. The average molecular weight is 489 g/mol. The van der Waals surface area contributed by atoms with Crippen LogP contribution in [0.25, 0.3) is 10.2 Å². The van der Waals surface area contributed by atoms with Gasteiger partial charge in [0.25, 0.3) is 0 Å². The molecule has 2 aliphatic rings. The highest BCUT2D eigenvalue weighted by Gasteiger charge is 2.30. The highest BCUT2D eigenvalue weighted by Crippen LogP contribution is 2.29. The number of benzene rings is 1. The van der Waals surface area contributed by atoms with Crippen LogP contribution < -0.4 is 0 Å². The molecular weight excluding hydrogens is 464 g/mol. The zero-order valence-electron chi connectivity index (χ0n) is 17.6. The summed E-state index contributed by atoms with van der Waals surface area (Å²) in [5.41, 5.74) is 2.43. The first-order valence-corrected chi connectivity index (χ1v) is 14.0. The van der Waals surface area contributed by atoms with E-state index in [9.17, 15) is 13.2 Å². The van der Waals surface area contributed by atoms with Crippen molar-refractivity contribution in [2.45, 2.75) is 35.6 Å². The standard InChI is InChI=1S/C22H24N4O3S3/c27-20(14-31-22-19-7-12-30-21(19)23-15-24-22)25-8-10-26(11-9-25)32(28,29)18-6-5-16-3-1-2-4-17(16)13-18/h5-7,12-13,15H,1-4,8-11,14H2. The van der Waals surface area contributed by atoms with E-state index >= 15 is 0 Å². The van der Waals surface area contributed by atoms with Gasteiger partial charge >= 0.3 is 0 Å². The van der Waals surface area contributed by atoms with Crippen molar-refractivity contribution < 1.29 is 13.2 Å². The van der Waals surface area contributed by atoms with Gasteiger partial charge in [0, 0.05) is 31.6 Å². The Morgan fingerprint density at radius 2 is 1.81 bits per heavy atom. The summed E-state index contributed by atoms with van der Waals surface area (Å²) in [6.07, 6.45) is 5.78. The molecule has 2 aromatic heterocycles. The Labute approximate surface area is 195 Å². The third kappa shape index (κ3) is 4.28. The van der Waals surface area contributed by atoms with Gasteiger partial charge < -0.3 is 4.90 Å². The third-order valence-corrected chi connectivity index (χ3v) is 9.81. The van der Waals surface area contributed by atoms with E-state index in [1.165, 1.54) is 34.4 Å². The van der Waals surface area contributed by atoms with Crippen LogP contribution in [-0.2, 0) is 27.7 Å². The van der Waals surface area contributed by atoms with Crippen molar-refractivity contribution in [1.29, 1.82) is 0 Å². The molecule has 1 amide bonds. The van der Waals surface area contributed by atoms with Crippen molar-refractivity contribution in [3.8, 4) is 0 Å².